The molecule has 0 spiro atoms. The zero-order valence-electron chi connectivity index (χ0n) is 16.4. The van der Waals surface area contributed by atoms with Gasteiger partial charge in [0.1, 0.15) is 17.3 Å². The number of imidazole rings is 1. The Kier molecular flexibility index (Phi) is 5.20. The maximum atomic E-state index is 14.0. The molecule has 0 atom stereocenters. The molecule has 1 fully saturated rings. The molecule has 4 rings (SSSR count). The van der Waals surface area contributed by atoms with Crippen LogP contribution < -0.4 is 5.69 Å². The van der Waals surface area contributed by atoms with E-state index in [9.17, 15) is 22.4 Å². The van der Waals surface area contributed by atoms with Crippen molar-refractivity contribution in [1.82, 2.24) is 18.3 Å². The van der Waals surface area contributed by atoms with Gasteiger partial charge in [0.15, 0.2) is 0 Å². The van der Waals surface area contributed by atoms with Crippen LogP contribution in [-0.4, -0.2) is 58.8 Å². The number of fused-ring (bicyclic) bond motifs is 1. The van der Waals surface area contributed by atoms with Crippen LogP contribution in [0.1, 0.15) is 0 Å². The highest BCUT2D eigenvalue weighted by molar-refractivity contribution is 7.89. The summed E-state index contributed by atoms with van der Waals surface area (Å²) in [7, 11) is -2.32. The second-order valence-corrected chi connectivity index (χ2v) is 9.04. The predicted molar refractivity (Wildman–Crippen MR) is 109 cm³/mol. The normalized spacial score (nSPS) is 15.6. The second kappa shape index (κ2) is 7.69. The SMILES string of the molecule is Cn1c(=O)n(CC(=O)N2CCN(S(=O)(=O)c3ccccc3F)CC2)c2ccccc21. The van der Waals surface area contributed by atoms with Crippen molar-refractivity contribution in [3.05, 3.63) is 64.8 Å². The van der Waals surface area contributed by atoms with Gasteiger partial charge < -0.3 is 4.90 Å². The van der Waals surface area contributed by atoms with Gasteiger partial charge in [-0.15, -0.1) is 0 Å². The quantitative estimate of drug-likeness (QED) is 0.616. The molecule has 8 nitrogen and oxygen atoms in total. The summed E-state index contributed by atoms with van der Waals surface area (Å²) in [6.07, 6.45) is 0. The Morgan fingerprint density at radius 2 is 1.57 bits per heavy atom. The maximum absolute atomic E-state index is 14.0. The van der Waals surface area contributed by atoms with Crippen molar-refractivity contribution in [1.29, 1.82) is 0 Å². The number of hydrogen-bond donors (Lipinski definition) is 0. The topological polar surface area (TPSA) is 84.6 Å². The van der Waals surface area contributed by atoms with Gasteiger partial charge in [-0.3, -0.25) is 13.9 Å². The third-order valence-electron chi connectivity index (χ3n) is 5.39. The predicted octanol–water partition coefficient (Wildman–Crippen LogP) is 1.01. The molecule has 1 aliphatic heterocycles. The van der Waals surface area contributed by atoms with Crippen LogP contribution in [0.2, 0.25) is 0 Å². The van der Waals surface area contributed by atoms with Crippen molar-refractivity contribution in [2.75, 3.05) is 26.2 Å². The molecule has 1 saturated heterocycles. The van der Waals surface area contributed by atoms with Crippen molar-refractivity contribution in [2.24, 2.45) is 7.05 Å². The summed E-state index contributed by atoms with van der Waals surface area (Å²) in [5.74, 6) is -1.07. The fraction of sp³-hybridized carbons (Fsp3) is 0.300. The van der Waals surface area contributed by atoms with E-state index in [1.807, 2.05) is 12.1 Å². The number of carbonyl (C=O) groups is 1. The highest BCUT2D eigenvalue weighted by atomic mass is 32.2. The van der Waals surface area contributed by atoms with Crippen LogP contribution >= 0.6 is 0 Å². The van der Waals surface area contributed by atoms with E-state index in [0.29, 0.717) is 5.52 Å². The Balaban J connectivity index is 1.48. The number of carbonyl (C=O) groups excluding carboxylic acids is 1. The van der Waals surface area contributed by atoms with Gasteiger partial charge >= 0.3 is 5.69 Å². The minimum Gasteiger partial charge on any atom is -0.338 e. The molecule has 1 amide bonds. The number of aromatic nitrogens is 2. The molecule has 0 radical (unpaired) electrons. The highest BCUT2D eigenvalue weighted by Crippen LogP contribution is 2.20. The molecule has 0 unspecified atom stereocenters. The van der Waals surface area contributed by atoms with Gasteiger partial charge in [-0.2, -0.15) is 4.31 Å². The molecule has 10 heteroatoms. The summed E-state index contributed by atoms with van der Waals surface area (Å²) in [5, 5.41) is 0. The lowest BCUT2D eigenvalue weighted by Gasteiger charge is -2.34. The van der Waals surface area contributed by atoms with E-state index in [0.717, 1.165) is 11.6 Å². The fourth-order valence-corrected chi connectivity index (χ4v) is 5.21. The van der Waals surface area contributed by atoms with E-state index < -0.39 is 15.8 Å². The highest BCUT2D eigenvalue weighted by Gasteiger charge is 2.32. The van der Waals surface area contributed by atoms with Gasteiger partial charge in [0.05, 0.1) is 11.0 Å². The minimum atomic E-state index is -3.97. The molecule has 30 heavy (non-hydrogen) atoms. The van der Waals surface area contributed by atoms with Gasteiger partial charge in [0, 0.05) is 33.2 Å². The van der Waals surface area contributed by atoms with Crippen molar-refractivity contribution in [2.45, 2.75) is 11.4 Å². The molecular formula is C20H21FN4O4S. The monoisotopic (exact) mass is 432 g/mol. The summed E-state index contributed by atoms with van der Waals surface area (Å²) in [6, 6.07) is 12.5. The van der Waals surface area contributed by atoms with E-state index >= 15 is 0 Å². The van der Waals surface area contributed by atoms with Gasteiger partial charge in [0.25, 0.3) is 0 Å². The number of aryl methyl sites for hydroxylation is 1. The number of sulfonamides is 1. The lowest BCUT2D eigenvalue weighted by atomic mass is 10.3. The van der Waals surface area contributed by atoms with Crippen LogP contribution in [0.4, 0.5) is 4.39 Å². The largest absolute Gasteiger partial charge is 0.338 e. The molecule has 0 bridgehead atoms. The average molecular weight is 432 g/mol. The van der Waals surface area contributed by atoms with Crippen LogP contribution in [0.25, 0.3) is 11.0 Å². The first-order valence-corrected chi connectivity index (χ1v) is 10.9. The van der Waals surface area contributed by atoms with E-state index in [-0.39, 0.29) is 49.2 Å². The second-order valence-electron chi connectivity index (χ2n) is 7.13. The van der Waals surface area contributed by atoms with Crippen molar-refractivity contribution >= 4 is 27.0 Å². The first-order valence-electron chi connectivity index (χ1n) is 9.47. The van der Waals surface area contributed by atoms with Crippen molar-refractivity contribution in [3.63, 3.8) is 0 Å². The Hall–Kier alpha value is -2.98. The number of para-hydroxylation sites is 2. The molecular weight excluding hydrogens is 411 g/mol. The molecule has 0 saturated carbocycles. The Morgan fingerprint density at radius 1 is 0.967 bits per heavy atom. The van der Waals surface area contributed by atoms with Crippen LogP contribution in [-0.2, 0) is 28.4 Å². The number of halogens is 1. The number of hydrogen-bond acceptors (Lipinski definition) is 4. The first-order chi connectivity index (χ1) is 14.3. The third-order valence-corrected chi connectivity index (χ3v) is 7.32. The summed E-state index contributed by atoms with van der Waals surface area (Å²) in [4.78, 5) is 26.5. The molecule has 1 aliphatic rings. The van der Waals surface area contributed by atoms with Crippen LogP contribution in [0.5, 0.6) is 0 Å². The maximum Gasteiger partial charge on any atom is 0.329 e. The van der Waals surface area contributed by atoms with E-state index in [2.05, 4.69) is 0 Å². The summed E-state index contributed by atoms with van der Waals surface area (Å²) >= 11 is 0. The molecule has 0 N–H and O–H groups in total. The number of nitrogens with zero attached hydrogens (tertiary/aromatic N) is 4. The zero-order chi connectivity index (χ0) is 21.5. The summed E-state index contributed by atoms with van der Waals surface area (Å²) in [6.45, 7) is 0.345. The number of piperazine rings is 1. The zero-order valence-corrected chi connectivity index (χ0v) is 17.2. The van der Waals surface area contributed by atoms with Crippen LogP contribution in [0, 0.1) is 5.82 Å². The van der Waals surface area contributed by atoms with E-state index in [1.54, 1.807) is 19.2 Å². The minimum absolute atomic E-state index is 0.0623. The Bertz CT molecular complexity index is 1270. The summed E-state index contributed by atoms with van der Waals surface area (Å²) < 4.78 is 43.4. The van der Waals surface area contributed by atoms with Crippen LogP contribution in [0.15, 0.2) is 58.2 Å². The average Bonchev–Trinajstić information content (AvgIpc) is 2.99. The fourth-order valence-electron chi connectivity index (χ4n) is 3.72. The number of benzene rings is 2. The Morgan fingerprint density at radius 3 is 2.23 bits per heavy atom. The van der Waals surface area contributed by atoms with E-state index in [1.165, 1.54) is 36.5 Å². The van der Waals surface area contributed by atoms with Gasteiger partial charge in [-0.25, -0.2) is 17.6 Å². The van der Waals surface area contributed by atoms with Gasteiger partial charge in [0.2, 0.25) is 15.9 Å². The van der Waals surface area contributed by atoms with Crippen LogP contribution in [0.3, 0.4) is 0 Å². The van der Waals surface area contributed by atoms with Crippen molar-refractivity contribution < 1.29 is 17.6 Å². The number of rotatable bonds is 4. The standard InChI is InChI=1S/C20H21FN4O4S/c1-22-16-7-3-4-8-17(16)25(20(22)27)14-19(26)23-10-12-24(13-11-23)30(28,29)18-9-5-2-6-15(18)21/h2-9H,10-14H2,1H3. The summed E-state index contributed by atoms with van der Waals surface area (Å²) in [5.41, 5.74) is 1.11. The van der Waals surface area contributed by atoms with Crippen molar-refractivity contribution in [3.8, 4) is 0 Å². The number of amides is 1. The lowest BCUT2D eigenvalue weighted by Crippen LogP contribution is -2.51. The van der Waals surface area contributed by atoms with Gasteiger partial charge in [-0.05, 0) is 24.3 Å². The third kappa shape index (κ3) is 3.41. The Labute approximate surface area is 172 Å². The molecule has 0 aliphatic carbocycles. The molecule has 3 aromatic rings. The van der Waals surface area contributed by atoms with E-state index in [4.69, 9.17) is 0 Å². The first kappa shape index (κ1) is 20.3. The molecule has 158 valence electrons. The molecule has 2 aromatic carbocycles. The molecule has 2 heterocycles. The lowest BCUT2D eigenvalue weighted by molar-refractivity contribution is -0.133. The molecule has 1 aromatic heterocycles. The van der Waals surface area contributed by atoms with Gasteiger partial charge in [-0.1, -0.05) is 24.3 Å². The smallest absolute Gasteiger partial charge is 0.329 e.